The van der Waals surface area contributed by atoms with Crippen LogP contribution >= 0.6 is 15.9 Å². The van der Waals surface area contributed by atoms with Crippen molar-refractivity contribution in [2.45, 2.75) is 65.4 Å². The van der Waals surface area contributed by atoms with Crippen molar-refractivity contribution in [1.82, 2.24) is 0 Å². The number of halogens is 1. The van der Waals surface area contributed by atoms with Crippen LogP contribution in [0.1, 0.15) is 64.4 Å². The molecule has 0 N–H and O–H groups in total. The van der Waals surface area contributed by atoms with Crippen LogP contribution in [-0.2, 0) is 30.5 Å². The number of rotatable bonds is 5. The smallest absolute Gasteiger partial charge is 0.306 e. The fourth-order valence-corrected chi connectivity index (χ4v) is 6.81. The van der Waals surface area contributed by atoms with E-state index in [-0.39, 0.29) is 54.6 Å². The summed E-state index contributed by atoms with van der Waals surface area (Å²) in [5.41, 5.74) is -0.551. The lowest BCUT2D eigenvalue weighted by Gasteiger charge is -2.52. The third-order valence-corrected chi connectivity index (χ3v) is 8.97. The first-order valence-corrected chi connectivity index (χ1v) is 11.9. The molecule has 0 saturated heterocycles. The van der Waals surface area contributed by atoms with Crippen molar-refractivity contribution in [3.63, 3.8) is 0 Å². The minimum Gasteiger partial charge on any atom is -0.461 e. The minimum atomic E-state index is -0.862. The Hall–Kier alpha value is -1.82. The Morgan fingerprint density at radius 1 is 1.10 bits per heavy atom. The zero-order valence-electron chi connectivity index (χ0n) is 18.1. The van der Waals surface area contributed by atoms with E-state index < -0.39 is 16.7 Å². The molecule has 0 aromatic heterocycles. The Balaban J connectivity index is 1.46. The molecule has 1 aromatic carbocycles. The fraction of sp³-hybridized carbons (Fsp3) is 0.600. The van der Waals surface area contributed by atoms with Gasteiger partial charge in [-0.1, -0.05) is 48.0 Å². The summed E-state index contributed by atoms with van der Waals surface area (Å²) in [6, 6.07) is 7.55. The summed E-state index contributed by atoms with van der Waals surface area (Å²) in [5.74, 6) is -0.262. The number of Topliss-reactive ketones (excluding diaryl/α,β-unsaturated/α-hetero) is 3. The summed E-state index contributed by atoms with van der Waals surface area (Å²) in [6.45, 7) is 3.96. The van der Waals surface area contributed by atoms with Gasteiger partial charge in [-0.15, -0.1) is 0 Å². The average Bonchev–Trinajstić information content (AvgIpc) is 3.02. The molecular formula is C25H29BrO5. The average molecular weight is 489 g/mol. The van der Waals surface area contributed by atoms with Gasteiger partial charge in [-0.05, 0) is 37.2 Å². The van der Waals surface area contributed by atoms with E-state index in [4.69, 9.17) is 4.74 Å². The summed E-state index contributed by atoms with van der Waals surface area (Å²) in [5, 5.41) is 0. The van der Waals surface area contributed by atoms with Crippen LogP contribution < -0.4 is 0 Å². The lowest BCUT2D eigenvalue weighted by atomic mass is 9.48. The first-order chi connectivity index (χ1) is 14.7. The van der Waals surface area contributed by atoms with Gasteiger partial charge in [0.2, 0.25) is 0 Å². The molecule has 0 unspecified atom stereocenters. The predicted octanol–water partition coefficient (Wildman–Crippen LogP) is 4.83. The minimum absolute atomic E-state index is 0.0242. The molecule has 3 fully saturated rings. The van der Waals surface area contributed by atoms with Gasteiger partial charge in [0.1, 0.15) is 24.0 Å². The van der Waals surface area contributed by atoms with E-state index in [1.165, 1.54) is 0 Å². The van der Waals surface area contributed by atoms with Crippen molar-refractivity contribution in [3.8, 4) is 0 Å². The Bertz CT molecular complexity index is 940. The first-order valence-electron chi connectivity index (χ1n) is 11.1. The number of carbonyl (C=O) groups excluding carboxylic acids is 4. The van der Waals surface area contributed by atoms with Crippen LogP contribution in [-0.4, -0.2) is 23.3 Å². The predicted molar refractivity (Wildman–Crippen MR) is 118 cm³/mol. The molecule has 6 heteroatoms. The molecule has 0 amide bonds. The molecule has 0 spiro atoms. The SMILES string of the molecule is C[C@]1(CCC(=O)OCc2ccccc2Br)C(=O)CC[C@@H]2[C@@H]1C(=O)C[C@]1(C)C(=O)CC[C@@H]21. The molecule has 0 radical (unpaired) electrons. The number of carbonyl (C=O) groups is 4. The van der Waals surface area contributed by atoms with Gasteiger partial charge >= 0.3 is 5.97 Å². The molecule has 31 heavy (non-hydrogen) atoms. The summed E-state index contributed by atoms with van der Waals surface area (Å²) >= 11 is 3.44. The van der Waals surface area contributed by atoms with Gasteiger partial charge in [0.25, 0.3) is 0 Å². The molecule has 3 saturated carbocycles. The van der Waals surface area contributed by atoms with Gasteiger partial charge in [-0.25, -0.2) is 0 Å². The normalized spacial score (nSPS) is 34.9. The van der Waals surface area contributed by atoms with E-state index in [0.29, 0.717) is 25.7 Å². The number of hydrogen-bond acceptors (Lipinski definition) is 5. The second-order valence-electron chi connectivity index (χ2n) is 9.90. The number of esters is 1. The molecule has 4 rings (SSSR count). The summed E-state index contributed by atoms with van der Waals surface area (Å²) < 4.78 is 6.31. The van der Waals surface area contributed by atoms with E-state index in [0.717, 1.165) is 16.5 Å². The Kier molecular flexibility index (Phi) is 5.97. The zero-order valence-corrected chi connectivity index (χ0v) is 19.7. The van der Waals surface area contributed by atoms with Crippen molar-refractivity contribution in [3.05, 3.63) is 34.3 Å². The maximum Gasteiger partial charge on any atom is 0.306 e. The fourth-order valence-electron chi connectivity index (χ4n) is 6.41. The zero-order chi connectivity index (χ0) is 22.4. The maximum atomic E-state index is 13.3. The Morgan fingerprint density at radius 2 is 1.81 bits per heavy atom. The second-order valence-corrected chi connectivity index (χ2v) is 10.8. The van der Waals surface area contributed by atoms with E-state index in [1.807, 2.05) is 38.1 Å². The molecule has 166 valence electrons. The number of hydrogen-bond donors (Lipinski definition) is 0. The molecule has 0 aliphatic heterocycles. The van der Waals surface area contributed by atoms with Crippen molar-refractivity contribution < 1.29 is 23.9 Å². The van der Waals surface area contributed by atoms with Gasteiger partial charge in [0.05, 0.1) is 0 Å². The van der Waals surface area contributed by atoms with E-state index in [9.17, 15) is 19.2 Å². The largest absolute Gasteiger partial charge is 0.461 e. The molecule has 3 aliphatic rings. The van der Waals surface area contributed by atoms with Crippen molar-refractivity contribution >= 4 is 39.2 Å². The summed E-state index contributed by atoms with van der Waals surface area (Å²) in [7, 11) is 0. The molecule has 0 heterocycles. The molecule has 0 bridgehead atoms. The van der Waals surface area contributed by atoms with E-state index >= 15 is 0 Å². The summed E-state index contributed by atoms with van der Waals surface area (Å²) in [4.78, 5) is 51.2. The standard InChI is InChI=1S/C25H29BrO5/c1-24(12-11-22(30)31-14-15-5-3-4-6-18(15)26)20(28)9-7-16-17-8-10-21(29)25(17,2)13-19(27)23(16)24/h3-6,16-17,23H,7-14H2,1-2H3/t16-,17-,23+,24-,25-/m0/s1. The van der Waals surface area contributed by atoms with Crippen LogP contribution in [0.15, 0.2) is 28.7 Å². The van der Waals surface area contributed by atoms with E-state index in [2.05, 4.69) is 15.9 Å². The molecule has 1 aromatic rings. The van der Waals surface area contributed by atoms with Crippen molar-refractivity contribution in [2.75, 3.05) is 0 Å². The van der Waals surface area contributed by atoms with Crippen LogP contribution in [0.5, 0.6) is 0 Å². The molecular weight excluding hydrogens is 460 g/mol. The lowest BCUT2D eigenvalue weighted by Crippen LogP contribution is -2.56. The van der Waals surface area contributed by atoms with Gasteiger partial charge < -0.3 is 4.74 Å². The van der Waals surface area contributed by atoms with Crippen LogP contribution in [0.25, 0.3) is 0 Å². The third-order valence-electron chi connectivity index (χ3n) is 8.19. The molecule has 5 nitrogen and oxygen atoms in total. The quantitative estimate of drug-likeness (QED) is 0.554. The first kappa shape index (κ1) is 22.4. The maximum absolute atomic E-state index is 13.3. The Labute approximate surface area is 191 Å². The van der Waals surface area contributed by atoms with Gasteiger partial charge in [0, 0.05) is 52.5 Å². The van der Waals surface area contributed by atoms with E-state index in [1.54, 1.807) is 0 Å². The highest BCUT2D eigenvalue weighted by atomic mass is 79.9. The summed E-state index contributed by atoms with van der Waals surface area (Å²) in [6.07, 6.45) is 3.07. The lowest BCUT2D eigenvalue weighted by molar-refractivity contribution is -0.161. The van der Waals surface area contributed by atoms with Crippen LogP contribution in [0.3, 0.4) is 0 Å². The Morgan fingerprint density at radius 3 is 2.55 bits per heavy atom. The topological polar surface area (TPSA) is 77.5 Å². The number of fused-ring (bicyclic) bond motifs is 3. The highest BCUT2D eigenvalue weighted by Gasteiger charge is 2.62. The molecule has 3 aliphatic carbocycles. The van der Waals surface area contributed by atoms with Crippen molar-refractivity contribution in [1.29, 1.82) is 0 Å². The van der Waals surface area contributed by atoms with Gasteiger partial charge in [-0.2, -0.15) is 0 Å². The van der Waals surface area contributed by atoms with Crippen LogP contribution in [0, 0.1) is 28.6 Å². The van der Waals surface area contributed by atoms with Gasteiger partial charge in [0.15, 0.2) is 0 Å². The second kappa shape index (κ2) is 8.27. The van der Waals surface area contributed by atoms with Crippen LogP contribution in [0.4, 0.5) is 0 Å². The number of ketones is 3. The highest BCUT2D eigenvalue weighted by Crippen LogP contribution is 2.60. The number of ether oxygens (including phenoxy) is 1. The highest BCUT2D eigenvalue weighted by molar-refractivity contribution is 9.10. The third kappa shape index (κ3) is 3.81. The van der Waals surface area contributed by atoms with Crippen LogP contribution in [0.2, 0.25) is 0 Å². The van der Waals surface area contributed by atoms with Crippen molar-refractivity contribution in [2.24, 2.45) is 28.6 Å². The number of benzene rings is 1. The molecule has 5 atom stereocenters. The van der Waals surface area contributed by atoms with Gasteiger partial charge in [-0.3, -0.25) is 19.2 Å². The monoisotopic (exact) mass is 488 g/mol.